The first-order valence-electron chi connectivity index (χ1n) is 14.8. The van der Waals surface area contributed by atoms with Gasteiger partial charge in [0.1, 0.15) is 35.6 Å². The van der Waals surface area contributed by atoms with Gasteiger partial charge in [-0.2, -0.15) is 9.97 Å². The zero-order valence-electron chi connectivity index (χ0n) is 22.8. The van der Waals surface area contributed by atoms with Crippen molar-refractivity contribution in [2.75, 3.05) is 37.7 Å². The van der Waals surface area contributed by atoms with Crippen molar-refractivity contribution in [3.05, 3.63) is 34.7 Å². The molecule has 1 saturated carbocycles. The Labute approximate surface area is 242 Å². The Morgan fingerprint density at radius 2 is 2.05 bits per heavy atom. The van der Waals surface area contributed by atoms with Crippen LogP contribution in [-0.4, -0.2) is 81.5 Å². The monoisotopic (exact) mass is 582 g/mol. The highest BCUT2D eigenvalue weighted by molar-refractivity contribution is 6.32. The summed E-state index contributed by atoms with van der Waals surface area (Å²) in [7, 11) is 0. The molecule has 3 aromatic rings. The first kappa shape index (κ1) is 25.9. The van der Waals surface area contributed by atoms with Gasteiger partial charge in [0.15, 0.2) is 5.82 Å². The average Bonchev–Trinajstić information content (AvgIpc) is 3.65. The molecule has 1 aliphatic carbocycles. The summed E-state index contributed by atoms with van der Waals surface area (Å²) in [5.41, 5.74) is 1.15. The molecule has 4 atom stereocenters. The molecule has 2 bridgehead atoms. The molecule has 1 aromatic carbocycles. The fourth-order valence-corrected chi connectivity index (χ4v) is 8.06. The molecule has 4 unspecified atom stereocenters. The Hall–Kier alpha value is -2.82. The molecule has 11 heteroatoms. The lowest BCUT2D eigenvalue weighted by Gasteiger charge is -2.46. The van der Waals surface area contributed by atoms with Crippen LogP contribution in [0.2, 0.25) is 5.02 Å². The van der Waals surface area contributed by atoms with E-state index in [0.717, 1.165) is 63.7 Å². The molecule has 216 valence electrons. The minimum atomic E-state index is -0.871. The molecule has 9 rings (SSSR count). The van der Waals surface area contributed by atoms with Gasteiger partial charge in [-0.3, -0.25) is 9.88 Å². The summed E-state index contributed by atoms with van der Waals surface area (Å²) in [6, 6.07) is 3.70. The van der Waals surface area contributed by atoms with Crippen molar-refractivity contribution in [1.82, 2.24) is 25.2 Å². The number of hydrogen-bond acceptors (Lipinski definition) is 8. The van der Waals surface area contributed by atoms with E-state index in [9.17, 15) is 9.50 Å². The zero-order valence-corrected chi connectivity index (χ0v) is 23.5. The van der Waals surface area contributed by atoms with Crippen molar-refractivity contribution >= 4 is 28.3 Å². The van der Waals surface area contributed by atoms with Crippen LogP contribution in [0.1, 0.15) is 56.4 Å². The third kappa shape index (κ3) is 4.32. The van der Waals surface area contributed by atoms with Crippen LogP contribution in [0.5, 0.6) is 11.8 Å². The lowest BCUT2D eigenvalue weighted by Crippen LogP contribution is -2.61. The number of piperazine rings is 1. The van der Waals surface area contributed by atoms with Crippen molar-refractivity contribution in [3.8, 4) is 23.0 Å². The molecule has 7 heterocycles. The van der Waals surface area contributed by atoms with Crippen molar-refractivity contribution < 1.29 is 18.6 Å². The summed E-state index contributed by atoms with van der Waals surface area (Å²) < 4.78 is 37.2. The number of pyridine rings is 1. The number of ether oxygens (including phenoxy) is 1. The Morgan fingerprint density at radius 1 is 1.17 bits per heavy atom. The van der Waals surface area contributed by atoms with Crippen LogP contribution in [0.3, 0.4) is 0 Å². The third-order valence-corrected chi connectivity index (χ3v) is 10.2. The highest BCUT2D eigenvalue weighted by Gasteiger charge is 2.49. The van der Waals surface area contributed by atoms with Crippen LogP contribution in [-0.2, 0) is 0 Å². The van der Waals surface area contributed by atoms with Crippen molar-refractivity contribution in [1.29, 1.82) is 0 Å². The molecule has 5 saturated heterocycles. The second kappa shape index (κ2) is 9.61. The lowest BCUT2D eigenvalue weighted by molar-refractivity contribution is 0.107. The number of hydrogen-bond donors (Lipinski definition) is 2. The van der Waals surface area contributed by atoms with Gasteiger partial charge in [0.05, 0.1) is 10.9 Å². The number of rotatable bonds is 6. The van der Waals surface area contributed by atoms with Crippen LogP contribution in [0.4, 0.5) is 14.6 Å². The van der Waals surface area contributed by atoms with Crippen LogP contribution < -0.4 is 15.0 Å². The fourth-order valence-electron chi connectivity index (χ4n) is 7.70. The maximum Gasteiger partial charge on any atom is 0.319 e. The van der Waals surface area contributed by atoms with Crippen LogP contribution in [0.25, 0.3) is 22.2 Å². The number of fused-ring (bicyclic) bond motifs is 5. The van der Waals surface area contributed by atoms with Crippen LogP contribution in [0, 0.1) is 5.82 Å². The number of anilines is 1. The highest BCUT2D eigenvalue weighted by atomic mass is 35.5. The Morgan fingerprint density at radius 3 is 2.80 bits per heavy atom. The minimum absolute atomic E-state index is 0.0388. The Bertz CT molecular complexity index is 1530. The molecular formula is C30H33ClF2N6O2. The highest BCUT2D eigenvalue weighted by Crippen LogP contribution is 2.49. The van der Waals surface area contributed by atoms with Crippen molar-refractivity contribution in [2.45, 2.75) is 74.7 Å². The van der Waals surface area contributed by atoms with Gasteiger partial charge in [0, 0.05) is 54.9 Å². The molecule has 8 nitrogen and oxygen atoms in total. The van der Waals surface area contributed by atoms with E-state index in [1.54, 1.807) is 6.20 Å². The summed E-state index contributed by atoms with van der Waals surface area (Å²) in [6.45, 7) is 3.14. The minimum Gasteiger partial charge on any atom is -0.508 e. The van der Waals surface area contributed by atoms with E-state index < -0.39 is 12.0 Å². The molecule has 2 aromatic heterocycles. The van der Waals surface area contributed by atoms with Crippen LogP contribution in [0.15, 0.2) is 18.3 Å². The van der Waals surface area contributed by atoms with E-state index in [4.69, 9.17) is 21.3 Å². The standard InChI is InChI=1S/C30H33ClF2N6O2/c31-23-9-20(40)8-21(24(23)16-2-3-16)26-25(33)27-22(12-35-26)28(39-14-18-4-5-19(39)11-34-18)37-29(36-27)41-15-30-6-1-7-38(30)13-17(32)10-30/h8-9,12,16-19,34,40H,1-7,10-11,13-15H2. The van der Waals surface area contributed by atoms with Crippen LogP contribution >= 0.6 is 11.6 Å². The van der Waals surface area contributed by atoms with E-state index in [-0.39, 0.29) is 47.1 Å². The molecule has 0 amide bonds. The largest absolute Gasteiger partial charge is 0.508 e. The van der Waals surface area contributed by atoms with Crippen molar-refractivity contribution in [3.63, 3.8) is 0 Å². The number of halogens is 3. The molecule has 0 spiro atoms. The van der Waals surface area contributed by atoms with E-state index >= 15 is 4.39 Å². The van der Waals surface area contributed by atoms with E-state index in [0.29, 0.717) is 40.8 Å². The Kier molecular flexibility index (Phi) is 6.06. The first-order valence-corrected chi connectivity index (χ1v) is 15.2. The number of nitrogens with one attached hydrogen (secondary N) is 1. The van der Waals surface area contributed by atoms with Crippen molar-refractivity contribution in [2.24, 2.45) is 0 Å². The van der Waals surface area contributed by atoms with Gasteiger partial charge in [-0.25, -0.2) is 8.78 Å². The molecule has 41 heavy (non-hydrogen) atoms. The Balaban J connectivity index is 1.24. The number of aromatic hydroxyl groups is 1. The van der Waals surface area contributed by atoms with Gasteiger partial charge in [0.2, 0.25) is 0 Å². The lowest BCUT2D eigenvalue weighted by atomic mass is 9.93. The molecule has 0 radical (unpaired) electrons. The molecule has 2 N–H and O–H groups in total. The van der Waals surface area contributed by atoms with Gasteiger partial charge in [-0.15, -0.1) is 0 Å². The SMILES string of the molecule is Oc1cc(Cl)c(C2CC2)c(-c2ncc3c(N4CC5CCC4CN5)nc(OCC45CCCN4CC(F)C5)nc3c2F)c1. The van der Waals surface area contributed by atoms with Gasteiger partial charge < -0.3 is 20.1 Å². The van der Waals surface area contributed by atoms with Gasteiger partial charge in [-0.05, 0) is 68.7 Å². The smallest absolute Gasteiger partial charge is 0.319 e. The number of alkyl halides is 1. The summed E-state index contributed by atoms with van der Waals surface area (Å²) in [6.07, 6.45) is 7.10. The maximum atomic E-state index is 16.6. The number of benzene rings is 1. The number of aromatic nitrogens is 3. The number of phenols is 1. The maximum absolute atomic E-state index is 16.6. The number of nitrogens with zero attached hydrogens (tertiary/aromatic N) is 5. The zero-order chi connectivity index (χ0) is 27.9. The van der Waals surface area contributed by atoms with Gasteiger partial charge in [0.25, 0.3) is 0 Å². The summed E-state index contributed by atoms with van der Waals surface area (Å²) in [4.78, 5) is 18.4. The third-order valence-electron chi connectivity index (χ3n) is 9.85. The van der Waals surface area contributed by atoms with Gasteiger partial charge in [-0.1, -0.05) is 11.6 Å². The molecule has 6 fully saturated rings. The van der Waals surface area contributed by atoms with E-state index in [2.05, 4.69) is 25.1 Å². The first-order chi connectivity index (χ1) is 19.9. The van der Waals surface area contributed by atoms with Gasteiger partial charge >= 0.3 is 6.01 Å². The molecule has 5 aliphatic heterocycles. The second-order valence-electron chi connectivity index (χ2n) is 12.5. The summed E-state index contributed by atoms with van der Waals surface area (Å²) in [5.74, 6) is 0.199. The summed E-state index contributed by atoms with van der Waals surface area (Å²) >= 11 is 6.54. The predicted octanol–water partition coefficient (Wildman–Crippen LogP) is 4.96. The normalized spacial score (nSPS) is 29.4. The quantitative estimate of drug-likeness (QED) is 0.422. The topological polar surface area (TPSA) is 86.6 Å². The predicted molar refractivity (Wildman–Crippen MR) is 152 cm³/mol. The van der Waals surface area contributed by atoms with E-state index in [1.807, 2.05) is 0 Å². The summed E-state index contributed by atoms with van der Waals surface area (Å²) in [5, 5.41) is 14.8. The molecule has 6 aliphatic rings. The fraction of sp³-hybridized carbons (Fsp3) is 0.567. The second-order valence-corrected chi connectivity index (χ2v) is 12.9. The number of piperidine rings is 2. The average molecular weight is 583 g/mol. The number of phenolic OH excluding ortho intramolecular Hbond substituents is 1. The molecular weight excluding hydrogens is 550 g/mol. The van der Waals surface area contributed by atoms with E-state index in [1.165, 1.54) is 12.1 Å².